The number of benzene rings is 1. The third kappa shape index (κ3) is 3.20. The van der Waals surface area contributed by atoms with E-state index in [1.54, 1.807) is 5.38 Å². The van der Waals surface area contributed by atoms with Gasteiger partial charge in [-0.15, -0.1) is 11.3 Å². The highest BCUT2D eigenvalue weighted by molar-refractivity contribution is 9.10. The van der Waals surface area contributed by atoms with Gasteiger partial charge in [-0.2, -0.15) is 0 Å². The van der Waals surface area contributed by atoms with Gasteiger partial charge in [0.1, 0.15) is 10.7 Å². The third-order valence-corrected chi connectivity index (χ3v) is 4.78. The van der Waals surface area contributed by atoms with E-state index in [1.165, 1.54) is 11.3 Å². The molecule has 0 fully saturated rings. The summed E-state index contributed by atoms with van der Waals surface area (Å²) in [6.45, 7) is 4.33. The van der Waals surface area contributed by atoms with Gasteiger partial charge in [-0.3, -0.25) is 4.79 Å². The van der Waals surface area contributed by atoms with Crippen LogP contribution in [0.1, 0.15) is 26.6 Å². The Hall–Kier alpha value is -1.24. The number of hydrogen-bond donors (Lipinski definition) is 2. The van der Waals surface area contributed by atoms with Crippen molar-refractivity contribution in [1.82, 2.24) is 4.98 Å². The summed E-state index contributed by atoms with van der Waals surface area (Å²) in [7, 11) is 0. The van der Waals surface area contributed by atoms with E-state index in [0.29, 0.717) is 12.2 Å². The van der Waals surface area contributed by atoms with E-state index >= 15 is 0 Å². The zero-order chi connectivity index (χ0) is 14.0. The Morgan fingerprint density at radius 2 is 2.05 bits per heavy atom. The second-order valence-corrected chi connectivity index (χ2v) is 5.94. The Bertz CT molecular complexity index is 601. The first kappa shape index (κ1) is 14.2. The molecule has 100 valence electrons. The Kier molecular flexibility index (Phi) is 4.34. The van der Waals surface area contributed by atoms with E-state index in [4.69, 9.17) is 5.73 Å². The van der Waals surface area contributed by atoms with Crippen LogP contribution in [0.5, 0.6) is 0 Å². The summed E-state index contributed by atoms with van der Waals surface area (Å²) in [6, 6.07) is 3.84. The molecule has 0 spiro atoms. The number of halogens is 1. The van der Waals surface area contributed by atoms with Crippen LogP contribution in [0, 0.1) is 13.8 Å². The van der Waals surface area contributed by atoms with Crippen molar-refractivity contribution in [1.29, 1.82) is 0 Å². The van der Waals surface area contributed by atoms with Crippen molar-refractivity contribution < 1.29 is 4.79 Å². The van der Waals surface area contributed by atoms with Gasteiger partial charge in [-0.05, 0) is 37.1 Å². The monoisotopic (exact) mass is 339 g/mol. The van der Waals surface area contributed by atoms with Crippen LogP contribution in [0.3, 0.4) is 0 Å². The van der Waals surface area contributed by atoms with E-state index < -0.39 is 0 Å². The van der Waals surface area contributed by atoms with Gasteiger partial charge in [-0.1, -0.05) is 15.9 Å². The lowest BCUT2D eigenvalue weighted by atomic mass is 10.1. The van der Waals surface area contributed by atoms with Gasteiger partial charge in [0.15, 0.2) is 0 Å². The molecule has 0 unspecified atom stereocenters. The summed E-state index contributed by atoms with van der Waals surface area (Å²) < 4.78 is 1.06. The molecule has 6 heteroatoms. The first-order valence-electron chi connectivity index (χ1n) is 5.74. The molecule has 2 rings (SSSR count). The highest BCUT2D eigenvalue weighted by Gasteiger charge is 2.11. The van der Waals surface area contributed by atoms with Crippen LogP contribution in [0.4, 0.5) is 5.69 Å². The first-order valence-corrected chi connectivity index (χ1v) is 7.41. The molecule has 0 saturated heterocycles. The maximum absolute atomic E-state index is 12.0. The maximum Gasteiger partial charge on any atom is 0.275 e. The molecule has 0 aliphatic heterocycles. The molecular formula is C13H14BrN3OS. The lowest BCUT2D eigenvalue weighted by Crippen LogP contribution is -2.13. The molecule has 1 heterocycles. The largest absolute Gasteiger partial charge is 0.325 e. The minimum atomic E-state index is -0.211. The number of nitrogens with two attached hydrogens (primary N) is 1. The zero-order valence-corrected chi connectivity index (χ0v) is 13.1. The molecule has 19 heavy (non-hydrogen) atoms. The first-order chi connectivity index (χ1) is 9.01. The molecular weight excluding hydrogens is 326 g/mol. The smallest absolute Gasteiger partial charge is 0.275 e. The van der Waals surface area contributed by atoms with Crippen molar-refractivity contribution >= 4 is 38.9 Å². The van der Waals surface area contributed by atoms with Crippen molar-refractivity contribution in [2.24, 2.45) is 5.73 Å². The summed E-state index contributed by atoms with van der Waals surface area (Å²) in [5.74, 6) is -0.211. The molecule has 0 aliphatic carbocycles. The van der Waals surface area contributed by atoms with E-state index in [2.05, 4.69) is 26.2 Å². The minimum absolute atomic E-state index is 0.211. The van der Waals surface area contributed by atoms with Crippen LogP contribution in [0.25, 0.3) is 0 Å². The number of rotatable bonds is 3. The summed E-state index contributed by atoms with van der Waals surface area (Å²) in [5.41, 5.74) is 8.82. The van der Waals surface area contributed by atoms with Gasteiger partial charge >= 0.3 is 0 Å². The van der Waals surface area contributed by atoms with Crippen LogP contribution in [-0.4, -0.2) is 10.9 Å². The van der Waals surface area contributed by atoms with Crippen LogP contribution >= 0.6 is 27.3 Å². The Morgan fingerprint density at radius 3 is 2.58 bits per heavy atom. The normalized spacial score (nSPS) is 10.5. The number of aryl methyl sites for hydroxylation is 2. The molecule has 3 N–H and O–H groups in total. The van der Waals surface area contributed by atoms with Crippen molar-refractivity contribution in [3.05, 3.63) is 43.8 Å². The zero-order valence-electron chi connectivity index (χ0n) is 10.7. The van der Waals surface area contributed by atoms with Gasteiger partial charge in [-0.25, -0.2) is 4.98 Å². The second-order valence-electron chi connectivity index (χ2n) is 4.21. The number of amides is 1. The van der Waals surface area contributed by atoms with Crippen LogP contribution < -0.4 is 11.1 Å². The fraction of sp³-hybridized carbons (Fsp3) is 0.231. The number of anilines is 1. The summed E-state index contributed by atoms with van der Waals surface area (Å²) in [6.07, 6.45) is 0. The fourth-order valence-electron chi connectivity index (χ4n) is 1.72. The molecule has 0 radical (unpaired) electrons. The number of thiazole rings is 1. The topological polar surface area (TPSA) is 68.0 Å². The minimum Gasteiger partial charge on any atom is -0.325 e. The average Bonchev–Trinajstić information content (AvgIpc) is 2.84. The number of nitrogens with zero attached hydrogens (tertiary/aromatic N) is 1. The lowest BCUT2D eigenvalue weighted by Gasteiger charge is -2.08. The standard InChI is InChI=1S/C13H14BrN3OS/c1-7-3-9(4-8(2)12(7)14)16-13(18)10-6-19-11(5-15)17-10/h3-4,6H,5,15H2,1-2H3,(H,16,18). The highest BCUT2D eigenvalue weighted by atomic mass is 79.9. The molecule has 2 aromatic rings. The number of carbonyl (C=O) groups is 1. The fourth-order valence-corrected chi connectivity index (χ4v) is 2.61. The van der Waals surface area contributed by atoms with Crippen molar-refractivity contribution in [3.63, 3.8) is 0 Å². The molecule has 0 saturated carbocycles. The Balaban J connectivity index is 2.19. The average molecular weight is 340 g/mol. The van der Waals surface area contributed by atoms with Crippen molar-refractivity contribution in [3.8, 4) is 0 Å². The summed E-state index contributed by atoms with van der Waals surface area (Å²) in [5, 5.41) is 5.32. The Labute approximate surface area is 124 Å². The molecule has 4 nitrogen and oxygen atoms in total. The Morgan fingerprint density at radius 1 is 1.42 bits per heavy atom. The highest BCUT2D eigenvalue weighted by Crippen LogP contribution is 2.25. The van der Waals surface area contributed by atoms with Gasteiger partial charge in [0.25, 0.3) is 5.91 Å². The molecule has 1 aromatic heterocycles. The molecule has 0 aliphatic rings. The molecule has 1 aromatic carbocycles. The van der Waals surface area contributed by atoms with Gasteiger partial charge in [0, 0.05) is 22.1 Å². The predicted octanol–water partition coefficient (Wildman–Crippen LogP) is 3.23. The molecule has 0 atom stereocenters. The van der Waals surface area contributed by atoms with Crippen LogP contribution in [-0.2, 0) is 6.54 Å². The van der Waals surface area contributed by atoms with Crippen molar-refractivity contribution in [2.45, 2.75) is 20.4 Å². The van der Waals surface area contributed by atoms with Crippen LogP contribution in [0.15, 0.2) is 22.0 Å². The number of aromatic nitrogens is 1. The summed E-state index contributed by atoms with van der Waals surface area (Å²) in [4.78, 5) is 16.2. The third-order valence-electron chi connectivity index (χ3n) is 2.65. The predicted molar refractivity (Wildman–Crippen MR) is 81.6 cm³/mol. The van der Waals surface area contributed by atoms with E-state index in [0.717, 1.165) is 26.3 Å². The lowest BCUT2D eigenvalue weighted by molar-refractivity contribution is 0.102. The molecule has 0 bridgehead atoms. The molecule has 1 amide bonds. The quantitative estimate of drug-likeness (QED) is 0.901. The number of hydrogen-bond acceptors (Lipinski definition) is 4. The van der Waals surface area contributed by atoms with E-state index in [9.17, 15) is 4.79 Å². The van der Waals surface area contributed by atoms with Gasteiger partial charge in [0.2, 0.25) is 0 Å². The van der Waals surface area contributed by atoms with E-state index in [-0.39, 0.29) is 5.91 Å². The maximum atomic E-state index is 12.0. The summed E-state index contributed by atoms with van der Waals surface area (Å²) >= 11 is 4.89. The van der Waals surface area contributed by atoms with Gasteiger partial charge < -0.3 is 11.1 Å². The van der Waals surface area contributed by atoms with Crippen LogP contribution in [0.2, 0.25) is 0 Å². The van der Waals surface area contributed by atoms with Gasteiger partial charge in [0.05, 0.1) is 0 Å². The van der Waals surface area contributed by atoms with E-state index in [1.807, 2.05) is 26.0 Å². The number of carbonyl (C=O) groups excluding carboxylic acids is 1. The SMILES string of the molecule is Cc1cc(NC(=O)c2csc(CN)n2)cc(C)c1Br. The second kappa shape index (κ2) is 5.81. The number of nitrogens with one attached hydrogen (secondary N) is 1. The van der Waals surface area contributed by atoms with Crippen molar-refractivity contribution in [2.75, 3.05) is 5.32 Å².